The molecule has 2 aromatic carbocycles. The molecule has 0 saturated heterocycles. The van der Waals surface area contributed by atoms with Gasteiger partial charge in [-0.05, 0) is 42.2 Å². The molecule has 1 atom stereocenters. The van der Waals surface area contributed by atoms with E-state index in [1.807, 2.05) is 54.6 Å². The second-order valence-electron chi connectivity index (χ2n) is 6.33. The van der Waals surface area contributed by atoms with Gasteiger partial charge in [-0.1, -0.05) is 56.0 Å². The van der Waals surface area contributed by atoms with Gasteiger partial charge in [0, 0.05) is 0 Å². The molecule has 0 bridgehead atoms. The predicted molar refractivity (Wildman–Crippen MR) is 91.5 cm³/mol. The van der Waals surface area contributed by atoms with E-state index in [0.29, 0.717) is 5.92 Å². The second kappa shape index (κ2) is 7.32. The van der Waals surface area contributed by atoms with E-state index in [2.05, 4.69) is 0 Å². The van der Waals surface area contributed by atoms with Crippen molar-refractivity contribution in [3.05, 3.63) is 60.2 Å². The lowest BCUT2D eigenvalue weighted by Crippen LogP contribution is -2.23. The minimum absolute atomic E-state index is 0.191. The first kappa shape index (κ1) is 15.6. The van der Waals surface area contributed by atoms with E-state index in [1.165, 1.54) is 25.7 Å². The summed E-state index contributed by atoms with van der Waals surface area (Å²) in [5, 5.41) is 0. The van der Waals surface area contributed by atoms with Gasteiger partial charge in [0.1, 0.15) is 11.5 Å². The van der Waals surface area contributed by atoms with Gasteiger partial charge in [0.2, 0.25) is 5.91 Å². The van der Waals surface area contributed by atoms with Crippen molar-refractivity contribution in [2.75, 3.05) is 0 Å². The zero-order valence-corrected chi connectivity index (χ0v) is 13.3. The van der Waals surface area contributed by atoms with Crippen molar-refractivity contribution in [1.29, 1.82) is 0 Å². The first-order chi connectivity index (χ1) is 11.2. The van der Waals surface area contributed by atoms with E-state index in [1.54, 1.807) is 0 Å². The number of carbonyl (C=O) groups excluding carboxylic acids is 1. The fraction of sp³-hybridized carbons (Fsp3) is 0.350. The monoisotopic (exact) mass is 309 g/mol. The van der Waals surface area contributed by atoms with Crippen LogP contribution in [0.3, 0.4) is 0 Å². The van der Waals surface area contributed by atoms with Gasteiger partial charge in [-0.25, -0.2) is 0 Å². The Kier molecular flexibility index (Phi) is 4.96. The van der Waals surface area contributed by atoms with Gasteiger partial charge in [0.05, 0.1) is 5.92 Å². The van der Waals surface area contributed by atoms with Gasteiger partial charge in [0.15, 0.2) is 0 Å². The zero-order chi connectivity index (χ0) is 16.1. The SMILES string of the molecule is NC(=O)C(CC1CCCC1)c1ccc(Oc2ccccc2)cc1. The maximum absolute atomic E-state index is 11.9. The molecule has 0 radical (unpaired) electrons. The van der Waals surface area contributed by atoms with Crippen LogP contribution < -0.4 is 10.5 Å². The predicted octanol–water partition coefficient (Wildman–Crippen LogP) is 4.63. The normalized spacial score (nSPS) is 16.2. The molecule has 2 N–H and O–H groups in total. The maximum Gasteiger partial charge on any atom is 0.224 e. The Bertz CT molecular complexity index is 630. The molecule has 1 aliphatic rings. The van der Waals surface area contributed by atoms with Crippen LogP contribution in [0.2, 0.25) is 0 Å². The summed E-state index contributed by atoms with van der Waals surface area (Å²) >= 11 is 0. The molecule has 0 aromatic heterocycles. The lowest BCUT2D eigenvalue weighted by molar-refractivity contribution is -0.119. The van der Waals surface area contributed by atoms with Crippen molar-refractivity contribution in [3.8, 4) is 11.5 Å². The number of ether oxygens (including phenoxy) is 1. The summed E-state index contributed by atoms with van der Waals surface area (Å²) in [4.78, 5) is 11.9. The van der Waals surface area contributed by atoms with Gasteiger partial charge in [-0.15, -0.1) is 0 Å². The van der Waals surface area contributed by atoms with Crippen LogP contribution in [-0.2, 0) is 4.79 Å². The smallest absolute Gasteiger partial charge is 0.224 e. The number of carbonyl (C=O) groups is 1. The molecule has 0 aliphatic heterocycles. The Morgan fingerprint density at radius 1 is 1.00 bits per heavy atom. The molecule has 0 heterocycles. The second-order valence-corrected chi connectivity index (χ2v) is 6.33. The molecular weight excluding hydrogens is 286 g/mol. The van der Waals surface area contributed by atoms with Crippen LogP contribution in [0.25, 0.3) is 0 Å². The van der Waals surface area contributed by atoms with Gasteiger partial charge in [-0.3, -0.25) is 4.79 Å². The number of hydrogen-bond acceptors (Lipinski definition) is 2. The first-order valence-corrected chi connectivity index (χ1v) is 8.34. The van der Waals surface area contributed by atoms with Crippen LogP contribution in [0.4, 0.5) is 0 Å². The van der Waals surface area contributed by atoms with Crippen molar-refractivity contribution in [3.63, 3.8) is 0 Å². The molecule has 23 heavy (non-hydrogen) atoms. The third-order valence-electron chi connectivity index (χ3n) is 4.65. The summed E-state index contributed by atoms with van der Waals surface area (Å²) in [6, 6.07) is 17.4. The molecule has 3 rings (SSSR count). The highest BCUT2D eigenvalue weighted by Crippen LogP contribution is 2.34. The van der Waals surface area contributed by atoms with Gasteiger partial charge in [0.25, 0.3) is 0 Å². The van der Waals surface area contributed by atoms with Crippen LogP contribution in [0.15, 0.2) is 54.6 Å². The fourth-order valence-corrected chi connectivity index (χ4v) is 3.39. The molecule has 0 spiro atoms. The van der Waals surface area contributed by atoms with E-state index < -0.39 is 0 Å². The lowest BCUT2D eigenvalue weighted by Gasteiger charge is -2.18. The van der Waals surface area contributed by atoms with Crippen LogP contribution in [0.5, 0.6) is 11.5 Å². The zero-order valence-electron chi connectivity index (χ0n) is 13.3. The summed E-state index contributed by atoms with van der Waals surface area (Å²) in [7, 11) is 0. The van der Waals surface area contributed by atoms with Gasteiger partial charge in [-0.2, -0.15) is 0 Å². The van der Waals surface area contributed by atoms with E-state index >= 15 is 0 Å². The summed E-state index contributed by atoms with van der Waals surface area (Å²) in [5.41, 5.74) is 6.63. The number of primary amides is 1. The Balaban J connectivity index is 1.69. The van der Waals surface area contributed by atoms with Gasteiger partial charge < -0.3 is 10.5 Å². The quantitative estimate of drug-likeness (QED) is 0.846. The molecule has 1 saturated carbocycles. The number of nitrogens with two attached hydrogens (primary N) is 1. The minimum Gasteiger partial charge on any atom is -0.457 e. The summed E-state index contributed by atoms with van der Waals surface area (Å²) in [5.74, 6) is 1.78. The molecule has 2 aromatic rings. The molecular formula is C20H23NO2. The van der Waals surface area contributed by atoms with E-state index in [9.17, 15) is 4.79 Å². The Hall–Kier alpha value is -2.29. The van der Waals surface area contributed by atoms with Crippen LogP contribution in [0.1, 0.15) is 43.6 Å². The highest BCUT2D eigenvalue weighted by Gasteiger charge is 2.25. The minimum atomic E-state index is -0.228. The fourth-order valence-electron chi connectivity index (χ4n) is 3.39. The van der Waals surface area contributed by atoms with Crippen LogP contribution in [0, 0.1) is 5.92 Å². The topological polar surface area (TPSA) is 52.3 Å². The lowest BCUT2D eigenvalue weighted by atomic mass is 9.87. The van der Waals surface area contributed by atoms with Crippen LogP contribution in [-0.4, -0.2) is 5.91 Å². The van der Waals surface area contributed by atoms with E-state index in [0.717, 1.165) is 23.5 Å². The van der Waals surface area contributed by atoms with Crippen LogP contribution >= 0.6 is 0 Å². The molecule has 120 valence electrons. The molecule has 1 unspecified atom stereocenters. The maximum atomic E-state index is 11.9. The molecule has 1 amide bonds. The molecule has 3 heteroatoms. The van der Waals surface area contributed by atoms with Crippen molar-refractivity contribution in [2.45, 2.75) is 38.0 Å². The standard InChI is InChI=1S/C20H23NO2/c21-20(22)19(14-15-6-4-5-7-15)16-10-12-18(13-11-16)23-17-8-2-1-3-9-17/h1-3,8-13,15,19H,4-7,14H2,(H2,21,22). The Morgan fingerprint density at radius 2 is 1.61 bits per heavy atom. The average Bonchev–Trinajstić information content (AvgIpc) is 3.07. The third kappa shape index (κ3) is 4.13. The summed E-state index contributed by atoms with van der Waals surface area (Å²) in [6.07, 6.45) is 5.87. The molecule has 1 aliphatic carbocycles. The van der Waals surface area contributed by atoms with E-state index in [4.69, 9.17) is 10.5 Å². The summed E-state index contributed by atoms with van der Waals surface area (Å²) in [6.45, 7) is 0. The Morgan fingerprint density at radius 3 is 2.22 bits per heavy atom. The van der Waals surface area contributed by atoms with Crippen molar-refractivity contribution < 1.29 is 9.53 Å². The van der Waals surface area contributed by atoms with Gasteiger partial charge >= 0.3 is 0 Å². The van der Waals surface area contributed by atoms with E-state index in [-0.39, 0.29) is 11.8 Å². The summed E-state index contributed by atoms with van der Waals surface area (Å²) < 4.78 is 5.79. The number of benzene rings is 2. The van der Waals surface area contributed by atoms with Crippen molar-refractivity contribution in [1.82, 2.24) is 0 Å². The average molecular weight is 309 g/mol. The number of para-hydroxylation sites is 1. The van der Waals surface area contributed by atoms with Crippen molar-refractivity contribution in [2.24, 2.45) is 11.7 Å². The Labute approximate surface area is 137 Å². The van der Waals surface area contributed by atoms with Crippen molar-refractivity contribution >= 4 is 5.91 Å². The number of hydrogen-bond donors (Lipinski definition) is 1. The molecule has 1 fully saturated rings. The largest absolute Gasteiger partial charge is 0.457 e. The third-order valence-corrected chi connectivity index (χ3v) is 4.65. The molecule has 3 nitrogen and oxygen atoms in total. The highest BCUT2D eigenvalue weighted by atomic mass is 16.5. The number of amides is 1. The first-order valence-electron chi connectivity index (χ1n) is 8.34. The number of rotatable bonds is 6. The highest BCUT2D eigenvalue weighted by molar-refractivity contribution is 5.82.